The molecule has 0 bridgehead atoms. The van der Waals surface area contributed by atoms with Crippen LogP contribution in [0.15, 0.2) is 12.1 Å². The van der Waals surface area contributed by atoms with Gasteiger partial charge < -0.3 is 4.74 Å². The Hall–Kier alpha value is 0.230. The number of fused-ring (bicyclic) bond motifs is 1. The van der Waals surface area contributed by atoms with Gasteiger partial charge in [0, 0.05) is 20.4 Å². The third kappa shape index (κ3) is 2.58. The molecule has 1 saturated carbocycles. The maximum Gasteiger partial charge on any atom is 0.127 e. The van der Waals surface area contributed by atoms with Gasteiger partial charge in [-0.3, -0.25) is 0 Å². The van der Waals surface area contributed by atoms with Gasteiger partial charge in [0.15, 0.2) is 0 Å². The molecule has 1 nitrogen and oxygen atoms in total. The second-order valence-corrected chi connectivity index (χ2v) is 7.61. The topological polar surface area (TPSA) is 9.23 Å². The largest absolute Gasteiger partial charge is 0.493 e. The molecular formula is C15H18BrIO. The maximum atomic E-state index is 5.86. The van der Waals surface area contributed by atoms with Crippen LogP contribution in [0.1, 0.15) is 48.1 Å². The number of hydrogen-bond donors (Lipinski definition) is 0. The number of ether oxygens (including phenoxy) is 1. The monoisotopic (exact) mass is 420 g/mol. The first kappa shape index (κ1) is 13.2. The molecule has 0 N–H and O–H groups in total. The second-order valence-electron chi connectivity index (χ2n) is 5.38. The zero-order valence-electron chi connectivity index (χ0n) is 10.4. The zero-order valence-corrected chi connectivity index (χ0v) is 14.2. The summed E-state index contributed by atoms with van der Waals surface area (Å²) in [6, 6.07) is 4.58. The first-order valence-electron chi connectivity index (χ1n) is 6.85. The number of alkyl halides is 1. The molecule has 3 heteroatoms. The Morgan fingerprint density at radius 3 is 2.78 bits per heavy atom. The predicted molar refractivity (Wildman–Crippen MR) is 86.6 cm³/mol. The van der Waals surface area contributed by atoms with Crippen LogP contribution in [0.3, 0.4) is 0 Å². The molecule has 1 aromatic rings. The van der Waals surface area contributed by atoms with Gasteiger partial charge in [-0.2, -0.15) is 0 Å². The summed E-state index contributed by atoms with van der Waals surface area (Å²) in [5.74, 6) is 1.95. The van der Waals surface area contributed by atoms with Gasteiger partial charge in [0.2, 0.25) is 0 Å². The van der Waals surface area contributed by atoms with Gasteiger partial charge in [0.25, 0.3) is 0 Å². The Kier molecular flexibility index (Phi) is 4.18. The average molecular weight is 421 g/mol. The van der Waals surface area contributed by atoms with Crippen LogP contribution in [0, 0.1) is 9.49 Å². The first-order valence-corrected chi connectivity index (χ1v) is 8.84. The molecule has 0 aromatic heterocycles. The van der Waals surface area contributed by atoms with Gasteiger partial charge >= 0.3 is 0 Å². The highest BCUT2D eigenvalue weighted by molar-refractivity contribution is 14.1. The summed E-state index contributed by atoms with van der Waals surface area (Å²) in [5.41, 5.74) is 2.79. The number of benzene rings is 1. The molecule has 1 unspecified atom stereocenters. The van der Waals surface area contributed by atoms with Crippen molar-refractivity contribution in [3.8, 4) is 5.75 Å². The van der Waals surface area contributed by atoms with Crippen LogP contribution >= 0.6 is 38.5 Å². The second kappa shape index (κ2) is 5.70. The van der Waals surface area contributed by atoms with E-state index in [9.17, 15) is 0 Å². The van der Waals surface area contributed by atoms with E-state index in [2.05, 4.69) is 50.7 Å². The molecule has 0 radical (unpaired) electrons. The molecular weight excluding hydrogens is 403 g/mol. The molecule has 1 aromatic carbocycles. The average Bonchev–Trinajstić information content (AvgIpc) is 2.86. The minimum Gasteiger partial charge on any atom is -0.493 e. The summed E-state index contributed by atoms with van der Waals surface area (Å²) in [7, 11) is 0. The fourth-order valence-corrected chi connectivity index (χ4v) is 4.76. The Bertz CT molecular complexity index is 440. The predicted octanol–water partition coefficient (Wildman–Crippen LogP) is 5.24. The molecule has 18 heavy (non-hydrogen) atoms. The lowest BCUT2D eigenvalue weighted by Crippen LogP contribution is -2.12. The highest BCUT2D eigenvalue weighted by atomic mass is 127. The third-order valence-corrected chi connectivity index (χ3v) is 6.00. The van der Waals surface area contributed by atoms with E-state index in [-0.39, 0.29) is 0 Å². The Morgan fingerprint density at radius 2 is 2.00 bits per heavy atom. The lowest BCUT2D eigenvalue weighted by molar-refractivity contribution is 0.333. The summed E-state index contributed by atoms with van der Waals surface area (Å²) in [5, 5.41) is 0. The maximum absolute atomic E-state index is 5.86. The zero-order chi connectivity index (χ0) is 12.5. The first-order chi connectivity index (χ1) is 8.75. The molecule has 1 atom stereocenters. The molecule has 1 aliphatic heterocycles. The van der Waals surface area contributed by atoms with E-state index >= 15 is 0 Å². The molecule has 0 spiro atoms. The Labute approximate surface area is 131 Å². The lowest BCUT2D eigenvalue weighted by Gasteiger charge is -2.27. The number of halogens is 2. The van der Waals surface area contributed by atoms with Crippen LogP contribution in [-0.2, 0) is 6.42 Å². The molecule has 1 fully saturated rings. The van der Waals surface area contributed by atoms with Crippen LogP contribution < -0.4 is 4.74 Å². The van der Waals surface area contributed by atoms with E-state index in [0.717, 1.165) is 18.9 Å². The number of rotatable bonds is 2. The normalized spacial score (nSPS) is 21.4. The fraction of sp³-hybridized carbons (Fsp3) is 0.600. The molecule has 3 rings (SSSR count). The molecule has 2 aliphatic rings. The van der Waals surface area contributed by atoms with Gasteiger partial charge in [0.05, 0.1) is 6.61 Å². The van der Waals surface area contributed by atoms with Crippen molar-refractivity contribution in [3.63, 3.8) is 0 Å². The summed E-state index contributed by atoms with van der Waals surface area (Å²) in [6.45, 7) is 0.854. The highest BCUT2D eigenvalue weighted by Gasteiger charge is 2.28. The van der Waals surface area contributed by atoms with Crippen LogP contribution in [0.25, 0.3) is 0 Å². The van der Waals surface area contributed by atoms with Crippen LogP contribution in [0.2, 0.25) is 0 Å². The van der Waals surface area contributed by atoms with Gasteiger partial charge in [-0.25, -0.2) is 0 Å². The summed E-state index contributed by atoms with van der Waals surface area (Å²) < 4.78 is 7.20. The van der Waals surface area contributed by atoms with E-state index in [1.165, 1.54) is 52.6 Å². The van der Waals surface area contributed by atoms with Crippen LogP contribution in [-0.4, -0.2) is 6.61 Å². The fourth-order valence-electron chi connectivity index (χ4n) is 3.18. The summed E-state index contributed by atoms with van der Waals surface area (Å²) in [4.78, 5) is 0.472. The molecule has 98 valence electrons. The van der Waals surface area contributed by atoms with Gasteiger partial charge in [-0.05, 0) is 59.0 Å². The Balaban J connectivity index is 1.91. The van der Waals surface area contributed by atoms with Gasteiger partial charge in [0.1, 0.15) is 5.75 Å². The lowest BCUT2D eigenvalue weighted by atomic mass is 9.84. The standard InChI is InChI=1S/C15H18BrIO/c16-14(10-4-2-1-3-5-10)13-9-12(17)8-11-6-7-18-15(11)13/h8-10,14H,1-7H2. The van der Waals surface area contributed by atoms with Crippen LogP contribution in [0.5, 0.6) is 5.75 Å². The molecule has 1 aliphatic carbocycles. The summed E-state index contributed by atoms with van der Waals surface area (Å²) in [6.07, 6.45) is 7.98. The van der Waals surface area contributed by atoms with Crippen molar-refractivity contribution in [2.75, 3.05) is 6.61 Å². The quantitative estimate of drug-likeness (QED) is 0.469. The van der Waals surface area contributed by atoms with Gasteiger partial charge in [-0.1, -0.05) is 35.2 Å². The smallest absolute Gasteiger partial charge is 0.127 e. The van der Waals surface area contributed by atoms with Crippen LogP contribution in [0.4, 0.5) is 0 Å². The minimum atomic E-state index is 0.472. The van der Waals surface area contributed by atoms with Crippen molar-refractivity contribution in [3.05, 3.63) is 26.8 Å². The number of hydrogen-bond acceptors (Lipinski definition) is 1. The van der Waals surface area contributed by atoms with Crippen molar-refractivity contribution in [1.29, 1.82) is 0 Å². The van der Waals surface area contributed by atoms with Crippen molar-refractivity contribution in [1.82, 2.24) is 0 Å². The highest BCUT2D eigenvalue weighted by Crippen LogP contribution is 2.46. The van der Waals surface area contributed by atoms with Gasteiger partial charge in [-0.15, -0.1) is 0 Å². The van der Waals surface area contributed by atoms with E-state index in [0.29, 0.717) is 4.83 Å². The van der Waals surface area contributed by atoms with Crippen molar-refractivity contribution in [2.45, 2.75) is 43.4 Å². The molecule has 0 amide bonds. The van der Waals surface area contributed by atoms with Crippen molar-refractivity contribution >= 4 is 38.5 Å². The van der Waals surface area contributed by atoms with Crippen molar-refractivity contribution < 1.29 is 4.74 Å². The van der Waals surface area contributed by atoms with E-state index in [4.69, 9.17) is 4.74 Å². The molecule has 1 heterocycles. The SMILES string of the molecule is BrC(c1cc(I)cc2c1OCC2)C1CCCCC1. The third-order valence-electron chi connectivity index (χ3n) is 4.14. The Morgan fingerprint density at radius 1 is 1.22 bits per heavy atom. The van der Waals surface area contributed by atoms with E-state index in [1.807, 2.05) is 0 Å². The van der Waals surface area contributed by atoms with E-state index < -0.39 is 0 Å². The van der Waals surface area contributed by atoms with Crippen molar-refractivity contribution in [2.24, 2.45) is 5.92 Å². The molecule has 0 saturated heterocycles. The summed E-state index contributed by atoms with van der Waals surface area (Å²) >= 11 is 6.38. The van der Waals surface area contributed by atoms with E-state index in [1.54, 1.807) is 0 Å². The minimum absolute atomic E-state index is 0.472.